The molecule has 106 valence electrons. The number of hydrazine groups is 1. The highest BCUT2D eigenvalue weighted by Crippen LogP contribution is 2.41. The van der Waals surface area contributed by atoms with E-state index in [9.17, 15) is 13.2 Å². The van der Waals surface area contributed by atoms with Crippen molar-refractivity contribution >= 4 is 15.9 Å². The van der Waals surface area contributed by atoms with Gasteiger partial charge >= 0.3 is 6.18 Å². The first kappa shape index (κ1) is 14.8. The molecule has 0 aromatic heterocycles. The fourth-order valence-electron chi connectivity index (χ4n) is 2.82. The molecule has 0 spiro atoms. The largest absolute Gasteiger partial charge is 0.416 e. The molecule has 1 saturated carbocycles. The van der Waals surface area contributed by atoms with Gasteiger partial charge in [-0.25, -0.2) is 0 Å². The third-order valence-corrected chi connectivity index (χ3v) is 4.20. The molecule has 2 rings (SSSR count). The Morgan fingerprint density at radius 2 is 1.89 bits per heavy atom. The Kier molecular flexibility index (Phi) is 4.53. The zero-order valence-electron chi connectivity index (χ0n) is 10.3. The summed E-state index contributed by atoms with van der Waals surface area (Å²) in [5.41, 5.74) is 2.20. The molecule has 1 aromatic carbocycles. The van der Waals surface area contributed by atoms with Crippen molar-refractivity contribution in [3.8, 4) is 0 Å². The van der Waals surface area contributed by atoms with Gasteiger partial charge in [-0.05, 0) is 36.5 Å². The van der Waals surface area contributed by atoms with Gasteiger partial charge in [0.05, 0.1) is 5.56 Å². The molecule has 0 amide bonds. The number of nitrogens with one attached hydrogen (secondary N) is 1. The molecule has 0 aliphatic heterocycles. The average Bonchev–Trinajstić information content (AvgIpc) is 2.84. The number of hydrogen-bond acceptors (Lipinski definition) is 2. The molecule has 1 aromatic rings. The van der Waals surface area contributed by atoms with E-state index in [-0.39, 0.29) is 11.5 Å². The smallest absolute Gasteiger partial charge is 0.271 e. The van der Waals surface area contributed by atoms with Crippen molar-refractivity contribution in [1.29, 1.82) is 0 Å². The Bertz CT molecular complexity index is 442. The molecule has 0 saturated heterocycles. The maximum Gasteiger partial charge on any atom is 0.416 e. The highest BCUT2D eigenvalue weighted by molar-refractivity contribution is 9.10. The molecular weight excluding hydrogens is 321 g/mol. The topological polar surface area (TPSA) is 38.0 Å². The highest BCUT2D eigenvalue weighted by Gasteiger charge is 2.37. The Hall–Kier alpha value is -0.590. The van der Waals surface area contributed by atoms with Crippen molar-refractivity contribution in [2.75, 3.05) is 0 Å². The number of benzene rings is 1. The van der Waals surface area contributed by atoms with Gasteiger partial charge in [0.1, 0.15) is 0 Å². The fraction of sp³-hybridized carbons (Fsp3) is 0.538. The lowest BCUT2D eigenvalue weighted by Gasteiger charge is -2.26. The van der Waals surface area contributed by atoms with E-state index in [1.807, 2.05) is 0 Å². The number of halogens is 4. The Labute approximate surface area is 118 Å². The van der Waals surface area contributed by atoms with Gasteiger partial charge in [-0.15, -0.1) is 0 Å². The van der Waals surface area contributed by atoms with Gasteiger partial charge in [0, 0.05) is 10.5 Å². The van der Waals surface area contributed by atoms with Crippen molar-refractivity contribution in [1.82, 2.24) is 5.43 Å². The lowest BCUT2D eigenvalue weighted by Crippen LogP contribution is -2.34. The molecule has 1 aliphatic carbocycles. The lowest BCUT2D eigenvalue weighted by atomic mass is 9.89. The molecule has 1 fully saturated rings. The van der Waals surface area contributed by atoms with Gasteiger partial charge in [-0.3, -0.25) is 11.3 Å². The van der Waals surface area contributed by atoms with Crippen molar-refractivity contribution in [3.63, 3.8) is 0 Å². The zero-order chi connectivity index (χ0) is 14.0. The van der Waals surface area contributed by atoms with Gasteiger partial charge in [0.25, 0.3) is 0 Å². The SMILES string of the molecule is NNC(c1ccc(Br)cc1C(F)(F)F)C1CCCC1. The summed E-state index contributed by atoms with van der Waals surface area (Å²) in [6.07, 6.45) is -0.418. The molecule has 2 nitrogen and oxygen atoms in total. The van der Waals surface area contributed by atoms with E-state index in [2.05, 4.69) is 21.4 Å². The number of hydrogen-bond donors (Lipinski definition) is 2. The third-order valence-electron chi connectivity index (χ3n) is 3.71. The standard InChI is InChI=1S/C13H16BrF3N2/c14-9-5-6-10(11(7-9)13(15,16)17)12(19-18)8-3-1-2-4-8/h5-8,12,19H,1-4,18H2. The summed E-state index contributed by atoms with van der Waals surface area (Å²) < 4.78 is 39.8. The van der Waals surface area contributed by atoms with E-state index in [4.69, 9.17) is 5.84 Å². The summed E-state index contributed by atoms with van der Waals surface area (Å²) in [7, 11) is 0. The molecule has 0 heterocycles. The monoisotopic (exact) mass is 336 g/mol. The van der Waals surface area contributed by atoms with E-state index in [1.165, 1.54) is 6.07 Å². The normalized spacial score (nSPS) is 18.8. The third kappa shape index (κ3) is 3.30. The molecule has 1 atom stereocenters. The maximum absolute atomic E-state index is 13.1. The molecule has 19 heavy (non-hydrogen) atoms. The summed E-state index contributed by atoms with van der Waals surface area (Å²) >= 11 is 3.09. The minimum atomic E-state index is -4.37. The van der Waals surface area contributed by atoms with Crippen LogP contribution >= 0.6 is 15.9 Å². The second-order valence-corrected chi connectivity index (χ2v) is 5.83. The maximum atomic E-state index is 13.1. The molecule has 0 radical (unpaired) electrons. The van der Waals surface area contributed by atoms with Crippen molar-refractivity contribution in [3.05, 3.63) is 33.8 Å². The van der Waals surface area contributed by atoms with E-state index < -0.39 is 17.8 Å². The van der Waals surface area contributed by atoms with E-state index in [0.29, 0.717) is 4.47 Å². The van der Waals surface area contributed by atoms with Gasteiger partial charge in [0.15, 0.2) is 0 Å². The highest BCUT2D eigenvalue weighted by atomic mass is 79.9. The number of nitrogens with two attached hydrogens (primary N) is 1. The van der Waals surface area contributed by atoms with Gasteiger partial charge in [-0.1, -0.05) is 34.8 Å². The predicted molar refractivity (Wildman–Crippen MR) is 71.2 cm³/mol. The second kappa shape index (κ2) is 5.81. The van der Waals surface area contributed by atoms with Crippen LogP contribution in [0.4, 0.5) is 13.2 Å². The van der Waals surface area contributed by atoms with E-state index >= 15 is 0 Å². The second-order valence-electron chi connectivity index (χ2n) is 4.92. The Morgan fingerprint density at radius 1 is 1.26 bits per heavy atom. The van der Waals surface area contributed by atoms with Gasteiger partial charge < -0.3 is 0 Å². The van der Waals surface area contributed by atoms with Crippen LogP contribution in [0.15, 0.2) is 22.7 Å². The van der Waals surface area contributed by atoms with E-state index in [1.54, 1.807) is 6.07 Å². The first-order valence-corrected chi connectivity index (χ1v) is 7.05. The van der Waals surface area contributed by atoms with Crippen LogP contribution in [0.1, 0.15) is 42.9 Å². The van der Waals surface area contributed by atoms with Crippen LogP contribution in [0.25, 0.3) is 0 Å². The molecule has 6 heteroatoms. The van der Waals surface area contributed by atoms with Crippen LogP contribution in [-0.2, 0) is 6.18 Å². The van der Waals surface area contributed by atoms with Crippen molar-refractivity contribution in [2.24, 2.45) is 11.8 Å². The lowest BCUT2D eigenvalue weighted by molar-refractivity contribution is -0.138. The first-order chi connectivity index (χ1) is 8.93. The Morgan fingerprint density at radius 3 is 2.42 bits per heavy atom. The van der Waals surface area contributed by atoms with Crippen molar-refractivity contribution in [2.45, 2.75) is 37.9 Å². The minimum absolute atomic E-state index is 0.173. The summed E-state index contributed by atoms with van der Waals surface area (Å²) in [4.78, 5) is 0. The quantitative estimate of drug-likeness (QED) is 0.642. The number of alkyl halides is 3. The predicted octanol–water partition coefficient (Wildman–Crippen LogP) is 4.16. The van der Waals surface area contributed by atoms with Crippen LogP contribution in [0, 0.1) is 5.92 Å². The molecule has 1 aliphatic rings. The van der Waals surface area contributed by atoms with Crippen LogP contribution in [-0.4, -0.2) is 0 Å². The van der Waals surface area contributed by atoms with Crippen LogP contribution in [0.2, 0.25) is 0 Å². The summed E-state index contributed by atoms with van der Waals surface area (Å²) in [6, 6.07) is 3.82. The van der Waals surface area contributed by atoms with Crippen LogP contribution in [0.3, 0.4) is 0 Å². The van der Waals surface area contributed by atoms with E-state index in [0.717, 1.165) is 31.7 Å². The number of rotatable bonds is 3. The van der Waals surface area contributed by atoms with Crippen LogP contribution < -0.4 is 11.3 Å². The molecule has 3 N–H and O–H groups in total. The molecular formula is C13H16BrF3N2. The molecule has 1 unspecified atom stereocenters. The van der Waals surface area contributed by atoms with Crippen molar-refractivity contribution < 1.29 is 13.2 Å². The summed E-state index contributed by atoms with van der Waals surface area (Å²) in [6.45, 7) is 0. The minimum Gasteiger partial charge on any atom is -0.271 e. The van der Waals surface area contributed by atoms with Crippen LogP contribution in [0.5, 0.6) is 0 Å². The summed E-state index contributed by atoms with van der Waals surface area (Å²) in [5, 5.41) is 0. The summed E-state index contributed by atoms with van der Waals surface area (Å²) in [5.74, 6) is 5.68. The average molecular weight is 337 g/mol. The molecule has 0 bridgehead atoms. The van der Waals surface area contributed by atoms with Gasteiger partial charge in [0.2, 0.25) is 0 Å². The first-order valence-electron chi connectivity index (χ1n) is 6.26. The van der Waals surface area contributed by atoms with Gasteiger partial charge in [-0.2, -0.15) is 13.2 Å². The fourth-order valence-corrected chi connectivity index (χ4v) is 3.18. The zero-order valence-corrected chi connectivity index (χ0v) is 11.9. The Balaban J connectivity index is 2.41.